The van der Waals surface area contributed by atoms with Gasteiger partial charge in [0.15, 0.2) is 5.78 Å². The number of Topliss-reactive ketones (excluding diaryl/α,β-unsaturated/α-hetero) is 1. The molecule has 0 spiro atoms. The molecule has 1 aromatic carbocycles. The third kappa shape index (κ3) is 7.03. The second-order valence-electron chi connectivity index (χ2n) is 5.80. The topological polar surface area (TPSA) is 64.6 Å². The number of hydrogen-bond acceptors (Lipinski definition) is 4. The van der Waals surface area contributed by atoms with Gasteiger partial charge in [0.1, 0.15) is 11.4 Å². The number of nitrogens with one attached hydrogen (secondary N) is 1. The van der Waals surface area contributed by atoms with Gasteiger partial charge >= 0.3 is 12.5 Å². The fourth-order valence-corrected chi connectivity index (χ4v) is 1.71. The number of rotatable bonds is 4. The van der Waals surface area contributed by atoms with Crippen molar-refractivity contribution < 1.29 is 32.2 Å². The van der Waals surface area contributed by atoms with Gasteiger partial charge in [-0.3, -0.25) is 4.79 Å². The number of amides is 1. The molecule has 5 nitrogen and oxygen atoms in total. The Bertz CT molecular complexity index is 591. The number of carbonyl (C=O) groups excluding carboxylic acids is 2. The first-order valence-electron chi connectivity index (χ1n) is 6.74. The van der Waals surface area contributed by atoms with Crippen molar-refractivity contribution in [2.24, 2.45) is 0 Å². The minimum Gasteiger partial charge on any atom is -0.444 e. The van der Waals surface area contributed by atoms with Crippen LogP contribution in [-0.4, -0.2) is 30.4 Å². The molecule has 0 radical (unpaired) electrons. The Kier molecular flexibility index (Phi) is 5.63. The van der Waals surface area contributed by atoms with Gasteiger partial charge in [0.2, 0.25) is 0 Å². The summed E-state index contributed by atoms with van der Waals surface area (Å²) >= 11 is 0. The summed E-state index contributed by atoms with van der Waals surface area (Å²) in [4.78, 5) is 23.5. The third-order valence-corrected chi connectivity index (χ3v) is 2.52. The van der Waals surface area contributed by atoms with Crippen LogP contribution in [0.4, 0.5) is 18.0 Å². The molecule has 0 aliphatic rings. The quantitative estimate of drug-likeness (QED) is 0.855. The van der Waals surface area contributed by atoms with E-state index in [0.29, 0.717) is 5.56 Å². The van der Waals surface area contributed by atoms with Crippen molar-refractivity contribution in [2.45, 2.75) is 39.7 Å². The van der Waals surface area contributed by atoms with E-state index in [1.54, 1.807) is 20.8 Å². The van der Waals surface area contributed by atoms with E-state index in [4.69, 9.17) is 4.74 Å². The number of aryl methyl sites for hydroxylation is 1. The van der Waals surface area contributed by atoms with Crippen molar-refractivity contribution in [2.75, 3.05) is 6.54 Å². The van der Waals surface area contributed by atoms with Crippen LogP contribution in [0.15, 0.2) is 18.2 Å². The normalized spacial score (nSPS) is 11.8. The van der Waals surface area contributed by atoms with Crippen LogP contribution in [0.1, 0.15) is 36.7 Å². The summed E-state index contributed by atoms with van der Waals surface area (Å²) < 4.78 is 45.1. The molecule has 128 valence electrons. The molecule has 0 atom stereocenters. The summed E-state index contributed by atoms with van der Waals surface area (Å²) in [5, 5.41) is 2.30. The lowest BCUT2D eigenvalue weighted by Crippen LogP contribution is -2.35. The van der Waals surface area contributed by atoms with Gasteiger partial charge in [-0.05, 0) is 51.5 Å². The molecule has 8 heteroatoms. The van der Waals surface area contributed by atoms with Crippen LogP contribution in [0.3, 0.4) is 0 Å². The van der Waals surface area contributed by atoms with Crippen molar-refractivity contribution in [3.8, 4) is 5.75 Å². The molecule has 23 heavy (non-hydrogen) atoms. The molecule has 0 saturated heterocycles. The van der Waals surface area contributed by atoms with Gasteiger partial charge in [0.25, 0.3) is 0 Å². The first kappa shape index (κ1) is 18.8. The van der Waals surface area contributed by atoms with Gasteiger partial charge in [0.05, 0.1) is 6.54 Å². The number of benzene rings is 1. The number of halogens is 3. The Morgan fingerprint density at radius 2 is 1.78 bits per heavy atom. The predicted octanol–water partition coefficient (Wildman–Crippen LogP) is 3.60. The fraction of sp³-hybridized carbons (Fsp3) is 0.467. The Labute approximate surface area is 131 Å². The molecule has 0 aromatic heterocycles. The average Bonchev–Trinajstić information content (AvgIpc) is 2.32. The molecule has 0 aliphatic carbocycles. The van der Waals surface area contributed by atoms with E-state index < -0.39 is 29.6 Å². The number of ketones is 1. The van der Waals surface area contributed by atoms with Gasteiger partial charge in [0, 0.05) is 5.56 Å². The Balaban J connectivity index is 2.69. The second kappa shape index (κ2) is 6.89. The zero-order valence-corrected chi connectivity index (χ0v) is 13.2. The molecular weight excluding hydrogens is 315 g/mol. The highest BCUT2D eigenvalue weighted by Crippen LogP contribution is 2.24. The molecule has 1 rings (SSSR count). The van der Waals surface area contributed by atoms with Gasteiger partial charge < -0.3 is 14.8 Å². The van der Waals surface area contributed by atoms with Crippen LogP contribution >= 0.6 is 0 Å². The summed E-state index contributed by atoms with van der Waals surface area (Å²) in [5.74, 6) is -0.862. The largest absolute Gasteiger partial charge is 0.573 e. The third-order valence-electron chi connectivity index (χ3n) is 2.52. The lowest BCUT2D eigenvalue weighted by Gasteiger charge is -2.19. The van der Waals surface area contributed by atoms with Crippen LogP contribution in [0.5, 0.6) is 5.75 Å². The standard InChI is InChI=1S/C15H18F3NO4/c1-9-7-10(22-15(16,17)18)5-6-11(9)12(20)8-19-13(21)23-14(2,3)4/h5-7H,8H2,1-4H3,(H,19,21). The molecule has 1 aromatic rings. The maximum absolute atomic E-state index is 12.1. The first-order valence-corrected chi connectivity index (χ1v) is 6.74. The highest BCUT2D eigenvalue weighted by molar-refractivity contribution is 6.00. The first-order chi connectivity index (χ1) is 10.4. The second-order valence-corrected chi connectivity index (χ2v) is 5.80. The summed E-state index contributed by atoms with van der Waals surface area (Å²) in [7, 11) is 0. The lowest BCUT2D eigenvalue weighted by molar-refractivity contribution is -0.274. The van der Waals surface area contributed by atoms with E-state index in [-0.39, 0.29) is 12.1 Å². The number of alkyl halides is 3. The lowest BCUT2D eigenvalue weighted by atomic mass is 10.0. The molecular formula is C15H18F3NO4. The zero-order chi connectivity index (χ0) is 17.8. The van der Waals surface area contributed by atoms with Crippen molar-refractivity contribution in [1.29, 1.82) is 0 Å². The summed E-state index contributed by atoms with van der Waals surface area (Å²) in [5.41, 5.74) is -0.196. The monoisotopic (exact) mass is 333 g/mol. The minimum absolute atomic E-state index is 0.190. The van der Waals surface area contributed by atoms with Crippen molar-refractivity contribution in [3.63, 3.8) is 0 Å². The smallest absolute Gasteiger partial charge is 0.444 e. The van der Waals surface area contributed by atoms with Crippen LogP contribution in [0, 0.1) is 6.92 Å². The van der Waals surface area contributed by atoms with Crippen LogP contribution < -0.4 is 10.1 Å². The Hall–Kier alpha value is -2.25. The van der Waals surface area contributed by atoms with E-state index in [9.17, 15) is 22.8 Å². The predicted molar refractivity (Wildman–Crippen MR) is 76.4 cm³/mol. The minimum atomic E-state index is -4.80. The molecule has 0 unspecified atom stereocenters. The van der Waals surface area contributed by atoms with Crippen molar-refractivity contribution in [3.05, 3.63) is 29.3 Å². The molecule has 0 bridgehead atoms. The highest BCUT2D eigenvalue weighted by atomic mass is 19.4. The molecule has 1 amide bonds. The maximum atomic E-state index is 12.1. The number of alkyl carbamates (subject to hydrolysis) is 1. The van der Waals surface area contributed by atoms with Gasteiger partial charge in [-0.15, -0.1) is 13.2 Å². The Morgan fingerprint density at radius 3 is 2.26 bits per heavy atom. The fourth-order valence-electron chi connectivity index (χ4n) is 1.71. The van der Waals surface area contributed by atoms with E-state index in [0.717, 1.165) is 12.1 Å². The maximum Gasteiger partial charge on any atom is 0.573 e. The van der Waals surface area contributed by atoms with Crippen molar-refractivity contribution >= 4 is 11.9 Å². The summed E-state index contributed by atoms with van der Waals surface area (Å²) in [6, 6.07) is 3.37. The Morgan fingerprint density at radius 1 is 1.17 bits per heavy atom. The summed E-state index contributed by atoms with van der Waals surface area (Å²) in [6.45, 7) is 6.19. The molecule has 0 saturated carbocycles. The number of ether oxygens (including phenoxy) is 2. The van der Waals surface area contributed by atoms with Crippen LogP contribution in [0.25, 0.3) is 0 Å². The zero-order valence-electron chi connectivity index (χ0n) is 13.2. The van der Waals surface area contributed by atoms with Gasteiger partial charge in [-0.2, -0.15) is 0 Å². The number of carbonyl (C=O) groups is 2. The molecule has 0 fully saturated rings. The van der Waals surface area contributed by atoms with Gasteiger partial charge in [-0.1, -0.05) is 0 Å². The summed E-state index contributed by atoms with van der Waals surface area (Å²) in [6.07, 6.45) is -5.54. The van der Waals surface area contributed by atoms with E-state index in [1.165, 1.54) is 13.0 Å². The van der Waals surface area contributed by atoms with E-state index >= 15 is 0 Å². The molecule has 0 heterocycles. The average molecular weight is 333 g/mol. The number of hydrogen-bond donors (Lipinski definition) is 1. The molecule has 0 aliphatic heterocycles. The van der Waals surface area contributed by atoms with Crippen LogP contribution in [0.2, 0.25) is 0 Å². The van der Waals surface area contributed by atoms with Crippen LogP contribution in [-0.2, 0) is 4.74 Å². The SMILES string of the molecule is Cc1cc(OC(F)(F)F)ccc1C(=O)CNC(=O)OC(C)(C)C. The highest BCUT2D eigenvalue weighted by Gasteiger charge is 2.31. The molecule has 1 N–H and O–H groups in total. The van der Waals surface area contributed by atoms with Gasteiger partial charge in [-0.25, -0.2) is 4.79 Å². The van der Waals surface area contributed by atoms with Crippen molar-refractivity contribution in [1.82, 2.24) is 5.32 Å². The van der Waals surface area contributed by atoms with E-state index in [2.05, 4.69) is 10.1 Å². The van der Waals surface area contributed by atoms with E-state index in [1.807, 2.05) is 0 Å².